The molecule has 0 aliphatic carbocycles. The second-order valence-electron chi connectivity index (χ2n) is 25.8. The SMILES string of the molecule is CCCCCCCCON1C(C)(C)CC(OC(=O)CCCCCCCCC(=O)OC2CC(C)(C)N(OCCCCCCCC)C(C)(C)C2)CC1(C)C.COC(=O)CCC(=O)OCCN1C(C)(C)CC(O)CC1(C)C. The van der Waals surface area contributed by atoms with Crippen LogP contribution in [0.3, 0.4) is 0 Å². The number of hydrogen-bond donors (Lipinski definition) is 1. The molecule has 0 atom stereocenters. The lowest BCUT2D eigenvalue weighted by Crippen LogP contribution is -2.62. The maximum atomic E-state index is 12.8. The molecule has 14 heteroatoms. The van der Waals surface area contributed by atoms with E-state index in [1.165, 1.54) is 71.3 Å². The van der Waals surface area contributed by atoms with Crippen molar-refractivity contribution in [2.45, 2.75) is 328 Å². The maximum Gasteiger partial charge on any atom is 0.306 e. The summed E-state index contributed by atoms with van der Waals surface area (Å²) in [5, 5.41) is 14.4. The highest BCUT2D eigenvalue weighted by Gasteiger charge is 2.49. The monoisotopic (exact) mass is 1050 g/mol. The Morgan fingerprint density at radius 2 is 0.757 bits per heavy atom. The van der Waals surface area contributed by atoms with E-state index in [-0.39, 0.29) is 82.9 Å². The Morgan fingerprint density at radius 3 is 1.12 bits per heavy atom. The molecule has 0 bridgehead atoms. The first-order valence-corrected chi connectivity index (χ1v) is 29.6. The predicted molar refractivity (Wildman–Crippen MR) is 296 cm³/mol. The van der Waals surface area contributed by atoms with Crippen molar-refractivity contribution in [1.82, 2.24) is 15.0 Å². The minimum absolute atomic E-state index is 0.0399. The van der Waals surface area contributed by atoms with Crippen molar-refractivity contribution in [3.05, 3.63) is 0 Å². The molecule has 3 aliphatic rings. The van der Waals surface area contributed by atoms with Crippen LogP contribution >= 0.6 is 0 Å². The van der Waals surface area contributed by atoms with Gasteiger partial charge in [0.05, 0.1) is 39.3 Å². The molecule has 74 heavy (non-hydrogen) atoms. The third-order valence-electron chi connectivity index (χ3n) is 15.4. The summed E-state index contributed by atoms with van der Waals surface area (Å²) in [5.74, 6) is -0.966. The fourth-order valence-electron chi connectivity index (χ4n) is 12.5. The molecule has 3 saturated heterocycles. The van der Waals surface area contributed by atoms with E-state index < -0.39 is 11.9 Å². The Bertz CT molecular complexity index is 1480. The number of carbonyl (C=O) groups is 4. The van der Waals surface area contributed by atoms with Crippen molar-refractivity contribution in [1.29, 1.82) is 0 Å². The summed E-state index contributed by atoms with van der Waals surface area (Å²) in [6.07, 6.45) is 25.9. The summed E-state index contributed by atoms with van der Waals surface area (Å²) < 4.78 is 21.7. The molecular formula is C60H113N3O11. The number of hydrogen-bond acceptors (Lipinski definition) is 14. The molecule has 0 aromatic rings. The number of carbonyl (C=O) groups excluding carboxylic acids is 4. The van der Waals surface area contributed by atoms with Gasteiger partial charge in [-0.25, -0.2) is 0 Å². The van der Waals surface area contributed by atoms with E-state index in [4.69, 9.17) is 23.9 Å². The number of nitrogens with zero attached hydrogens (tertiary/aromatic N) is 3. The van der Waals surface area contributed by atoms with Gasteiger partial charge in [0.2, 0.25) is 0 Å². The zero-order valence-electron chi connectivity index (χ0n) is 50.2. The first-order valence-electron chi connectivity index (χ1n) is 29.6. The van der Waals surface area contributed by atoms with Crippen LogP contribution < -0.4 is 0 Å². The molecule has 0 amide bonds. The van der Waals surface area contributed by atoms with Gasteiger partial charge in [-0.3, -0.25) is 33.8 Å². The Balaban J connectivity index is 0.000000708. The van der Waals surface area contributed by atoms with Crippen LogP contribution in [0.5, 0.6) is 0 Å². The molecule has 0 aromatic heterocycles. The van der Waals surface area contributed by atoms with Crippen molar-refractivity contribution in [2.24, 2.45) is 0 Å². The van der Waals surface area contributed by atoms with Crippen LogP contribution in [0.1, 0.15) is 277 Å². The Kier molecular flexibility index (Phi) is 30.4. The number of hydroxylamine groups is 4. The lowest BCUT2D eigenvalue weighted by Gasteiger charge is -2.54. The number of rotatable bonds is 33. The van der Waals surface area contributed by atoms with Crippen molar-refractivity contribution in [3.63, 3.8) is 0 Å². The highest BCUT2D eigenvalue weighted by atomic mass is 16.7. The van der Waals surface area contributed by atoms with Crippen LogP contribution in [0.4, 0.5) is 0 Å². The van der Waals surface area contributed by atoms with Crippen LogP contribution in [-0.2, 0) is 47.8 Å². The summed E-state index contributed by atoms with van der Waals surface area (Å²) in [6.45, 7) is 32.9. The number of likely N-dealkylation sites (tertiary alicyclic amines) is 1. The first-order chi connectivity index (χ1) is 34.6. The van der Waals surface area contributed by atoms with E-state index in [2.05, 4.69) is 117 Å². The molecule has 0 aromatic carbocycles. The molecule has 14 nitrogen and oxygen atoms in total. The van der Waals surface area contributed by atoms with E-state index in [9.17, 15) is 24.3 Å². The highest BCUT2D eigenvalue weighted by Crippen LogP contribution is 2.42. The summed E-state index contributed by atoms with van der Waals surface area (Å²) >= 11 is 0. The van der Waals surface area contributed by atoms with Gasteiger partial charge in [0.15, 0.2) is 0 Å². The third-order valence-corrected chi connectivity index (χ3v) is 15.4. The average molecular weight is 1050 g/mol. The maximum absolute atomic E-state index is 12.8. The molecule has 0 spiro atoms. The van der Waals surface area contributed by atoms with E-state index in [1.54, 1.807) is 0 Å². The second kappa shape index (κ2) is 33.2. The molecule has 0 unspecified atom stereocenters. The number of aliphatic hydroxyl groups excluding tert-OH is 1. The number of methoxy groups -OCH3 is 1. The predicted octanol–water partition coefficient (Wildman–Crippen LogP) is 13.3. The van der Waals surface area contributed by atoms with Crippen LogP contribution in [0, 0.1) is 0 Å². The molecular weight excluding hydrogens is 939 g/mol. The molecule has 3 fully saturated rings. The fourth-order valence-corrected chi connectivity index (χ4v) is 12.5. The quantitative estimate of drug-likeness (QED) is 0.0377. The van der Waals surface area contributed by atoms with Crippen LogP contribution in [0.15, 0.2) is 0 Å². The minimum Gasteiger partial charge on any atom is -0.469 e. The van der Waals surface area contributed by atoms with Crippen molar-refractivity contribution in [2.75, 3.05) is 33.5 Å². The van der Waals surface area contributed by atoms with Crippen LogP contribution in [-0.4, -0.2) is 129 Å². The van der Waals surface area contributed by atoms with Gasteiger partial charge in [0.1, 0.15) is 18.8 Å². The van der Waals surface area contributed by atoms with Gasteiger partial charge in [-0.05, 0) is 122 Å². The number of aliphatic hydroxyl groups is 1. The number of ether oxygens (including phenoxy) is 4. The van der Waals surface area contributed by atoms with Crippen molar-refractivity contribution >= 4 is 23.9 Å². The molecule has 434 valence electrons. The van der Waals surface area contributed by atoms with Gasteiger partial charge in [-0.15, -0.1) is 0 Å². The summed E-state index contributed by atoms with van der Waals surface area (Å²) in [4.78, 5) is 63.1. The summed E-state index contributed by atoms with van der Waals surface area (Å²) in [5.41, 5.74) is -1.11. The Morgan fingerprint density at radius 1 is 0.419 bits per heavy atom. The van der Waals surface area contributed by atoms with Gasteiger partial charge in [-0.1, -0.05) is 104 Å². The highest BCUT2D eigenvalue weighted by molar-refractivity contribution is 5.77. The van der Waals surface area contributed by atoms with Crippen molar-refractivity contribution in [3.8, 4) is 0 Å². The van der Waals surface area contributed by atoms with E-state index in [0.717, 1.165) is 90.3 Å². The lowest BCUT2D eigenvalue weighted by molar-refractivity contribution is -0.293. The zero-order valence-corrected chi connectivity index (χ0v) is 50.2. The Hall–Kier alpha value is -2.36. The third kappa shape index (κ3) is 25.4. The van der Waals surface area contributed by atoms with Crippen LogP contribution in [0.2, 0.25) is 0 Å². The van der Waals surface area contributed by atoms with Gasteiger partial charge < -0.3 is 24.1 Å². The van der Waals surface area contributed by atoms with E-state index in [1.807, 2.05) is 0 Å². The standard InChI is InChI=1S/C44H84N2O6.C16H29NO5/c1-11-13-15-17-23-27-31-49-45-41(3,4)33-37(34-42(45,5)6)51-39(47)29-25-21-19-20-22-26-30-40(48)52-38-35-43(7,8)46(44(9,10)36-38)50-32-28-24-18-16-14-12-2;1-15(2)10-12(18)11-16(3,4)17(15)8-9-22-14(20)7-6-13(19)21-5/h37-38H,11-36H2,1-10H3;12,18H,6-11H2,1-5H3. The molecule has 0 saturated carbocycles. The lowest BCUT2D eigenvalue weighted by atomic mass is 9.78. The van der Waals surface area contributed by atoms with Gasteiger partial charge in [-0.2, -0.15) is 10.1 Å². The number of esters is 4. The Labute approximate surface area is 452 Å². The normalized spacial score (nSPS) is 20.8. The summed E-state index contributed by atoms with van der Waals surface area (Å²) in [6, 6.07) is 0. The molecule has 3 aliphatic heterocycles. The smallest absolute Gasteiger partial charge is 0.306 e. The number of piperidine rings is 3. The van der Waals surface area contributed by atoms with Gasteiger partial charge in [0.25, 0.3) is 0 Å². The minimum atomic E-state index is -0.413. The average Bonchev–Trinajstić information content (AvgIpc) is 3.27. The summed E-state index contributed by atoms with van der Waals surface area (Å²) in [7, 11) is 1.29. The van der Waals surface area contributed by atoms with E-state index in [0.29, 0.717) is 32.2 Å². The zero-order chi connectivity index (χ0) is 55.6. The largest absolute Gasteiger partial charge is 0.469 e. The van der Waals surface area contributed by atoms with Gasteiger partial charge in [0, 0.05) is 78.3 Å². The molecule has 3 heterocycles. The molecule has 1 N–H and O–H groups in total. The fraction of sp³-hybridized carbons (Fsp3) is 0.933. The molecule has 0 radical (unpaired) electrons. The molecule has 3 rings (SSSR count). The van der Waals surface area contributed by atoms with E-state index >= 15 is 0 Å². The second-order valence-corrected chi connectivity index (χ2v) is 25.8. The van der Waals surface area contributed by atoms with Crippen molar-refractivity contribution < 1.29 is 52.9 Å². The number of unbranched alkanes of at least 4 members (excludes halogenated alkanes) is 15. The van der Waals surface area contributed by atoms with Gasteiger partial charge >= 0.3 is 23.9 Å². The first kappa shape index (κ1) is 67.7. The van der Waals surface area contributed by atoms with Crippen LogP contribution in [0.25, 0.3) is 0 Å². The topological polar surface area (TPSA) is 154 Å².